The minimum atomic E-state index is 0.250. The predicted octanol–water partition coefficient (Wildman–Crippen LogP) is 4.46. The number of rotatable bonds is 4. The molecule has 2 nitrogen and oxygen atoms in total. The summed E-state index contributed by atoms with van der Waals surface area (Å²) in [4.78, 5) is 2.64. The zero-order valence-electron chi connectivity index (χ0n) is 10.9. The van der Waals surface area contributed by atoms with Gasteiger partial charge in [0, 0.05) is 15.8 Å². The summed E-state index contributed by atoms with van der Waals surface area (Å²) in [6, 6.07) is 9.16. The van der Waals surface area contributed by atoms with E-state index in [0.717, 1.165) is 10.8 Å². The Labute approximate surface area is 131 Å². The Morgan fingerprint density at radius 3 is 2.80 bits per heavy atom. The van der Waals surface area contributed by atoms with E-state index in [1.807, 2.05) is 6.07 Å². The van der Waals surface area contributed by atoms with Crippen LogP contribution in [0.1, 0.15) is 35.1 Å². The second-order valence-electron chi connectivity index (χ2n) is 5.47. The van der Waals surface area contributed by atoms with E-state index in [-0.39, 0.29) is 6.04 Å². The van der Waals surface area contributed by atoms with E-state index in [1.165, 1.54) is 22.6 Å². The molecule has 0 aromatic carbocycles. The molecule has 2 saturated heterocycles. The van der Waals surface area contributed by atoms with Crippen LogP contribution < -0.4 is 5.32 Å². The Bertz CT molecular complexity index is 582. The molecule has 0 spiro atoms. The number of hydrogen-bond acceptors (Lipinski definition) is 4. The first kappa shape index (κ1) is 13.3. The van der Waals surface area contributed by atoms with Crippen LogP contribution in [0.4, 0.5) is 0 Å². The third-order valence-corrected chi connectivity index (χ3v) is 6.43. The van der Waals surface area contributed by atoms with Gasteiger partial charge in [0.2, 0.25) is 0 Å². The number of nitrogens with one attached hydrogen (secondary N) is 1. The summed E-state index contributed by atoms with van der Waals surface area (Å²) in [5.41, 5.74) is 0. The van der Waals surface area contributed by atoms with Crippen molar-refractivity contribution in [3.8, 4) is 0 Å². The third kappa shape index (κ3) is 2.44. The molecule has 0 amide bonds. The van der Waals surface area contributed by atoms with Crippen LogP contribution in [-0.2, 0) is 4.74 Å². The lowest BCUT2D eigenvalue weighted by atomic mass is 9.94. The van der Waals surface area contributed by atoms with Gasteiger partial charge in [-0.25, -0.2) is 0 Å². The lowest BCUT2D eigenvalue weighted by Gasteiger charge is -2.25. The first-order valence-electron chi connectivity index (χ1n) is 7.00. The maximum Gasteiger partial charge on any atom is 0.0931 e. The maximum atomic E-state index is 6.11. The molecule has 2 aromatic rings. The highest BCUT2D eigenvalue weighted by atomic mass is 35.5. The smallest absolute Gasteiger partial charge is 0.0931 e. The minimum absolute atomic E-state index is 0.250. The normalized spacial score (nSPS) is 29.9. The van der Waals surface area contributed by atoms with Crippen LogP contribution in [0, 0.1) is 0 Å². The van der Waals surface area contributed by atoms with Gasteiger partial charge in [-0.05, 0) is 42.8 Å². The number of thiophene rings is 2. The number of fused-ring (bicyclic) bond motifs is 2. The van der Waals surface area contributed by atoms with Crippen LogP contribution in [0.3, 0.4) is 0 Å². The van der Waals surface area contributed by atoms with Gasteiger partial charge in [-0.15, -0.1) is 22.7 Å². The van der Waals surface area contributed by atoms with Crippen molar-refractivity contribution < 1.29 is 4.74 Å². The van der Waals surface area contributed by atoms with Crippen molar-refractivity contribution in [1.82, 2.24) is 5.32 Å². The number of hydrogen-bond donors (Lipinski definition) is 1. The SMILES string of the molecule is Clc1ccc(C(NC2CC3CCC2O3)c2cccs2)s1. The summed E-state index contributed by atoms with van der Waals surface area (Å²) in [6.07, 6.45) is 4.46. The molecular weight excluding hydrogens is 310 g/mol. The second-order valence-corrected chi connectivity index (χ2v) is 8.20. The van der Waals surface area contributed by atoms with Gasteiger partial charge in [0.25, 0.3) is 0 Å². The van der Waals surface area contributed by atoms with Crippen molar-refractivity contribution in [2.75, 3.05) is 0 Å². The standard InChI is InChI=1S/C15H16ClNOS2/c16-14-6-5-13(20-14)15(12-2-1-7-19-12)17-10-8-9-3-4-11(10)18-9/h1-2,5-7,9-11,15,17H,3-4,8H2. The molecule has 2 aliphatic heterocycles. The van der Waals surface area contributed by atoms with Crippen LogP contribution in [0.2, 0.25) is 4.34 Å². The monoisotopic (exact) mass is 325 g/mol. The fourth-order valence-electron chi connectivity index (χ4n) is 3.27. The molecule has 2 bridgehead atoms. The van der Waals surface area contributed by atoms with Crippen molar-refractivity contribution in [2.45, 2.75) is 43.6 Å². The Morgan fingerprint density at radius 2 is 2.20 bits per heavy atom. The molecule has 0 radical (unpaired) electrons. The summed E-state index contributed by atoms with van der Waals surface area (Å²) < 4.78 is 6.82. The molecule has 4 rings (SSSR count). The molecule has 2 aromatic heterocycles. The van der Waals surface area contributed by atoms with Crippen molar-refractivity contribution >= 4 is 34.3 Å². The topological polar surface area (TPSA) is 21.3 Å². The Hall–Kier alpha value is -0.390. The van der Waals surface area contributed by atoms with Crippen LogP contribution in [0.5, 0.6) is 0 Å². The van der Waals surface area contributed by atoms with E-state index in [0.29, 0.717) is 18.2 Å². The van der Waals surface area contributed by atoms with E-state index in [2.05, 4.69) is 28.9 Å². The fourth-order valence-corrected chi connectivity index (χ4v) is 5.29. The van der Waals surface area contributed by atoms with Gasteiger partial charge in [0.1, 0.15) is 0 Å². The average molecular weight is 326 g/mol. The molecule has 106 valence electrons. The average Bonchev–Trinajstić information content (AvgIpc) is 3.20. The fraction of sp³-hybridized carbons (Fsp3) is 0.467. The molecule has 4 heterocycles. The molecule has 4 unspecified atom stereocenters. The van der Waals surface area contributed by atoms with Crippen molar-refractivity contribution in [1.29, 1.82) is 0 Å². The lowest BCUT2D eigenvalue weighted by Crippen LogP contribution is -2.39. The molecule has 4 atom stereocenters. The summed E-state index contributed by atoms with van der Waals surface area (Å²) >= 11 is 9.58. The lowest BCUT2D eigenvalue weighted by molar-refractivity contribution is 0.0966. The summed E-state index contributed by atoms with van der Waals surface area (Å²) in [6.45, 7) is 0. The van der Waals surface area contributed by atoms with Crippen molar-refractivity contribution in [2.24, 2.45) is 0 Å². The zero-order valence-corrected chi connectivity index (χ0v) is 13.3. The van der Waals surface area contributed by atoms with E-state index in [4.69, 9.17) is 16.3 Å². The van der Waals surface area contributed by atoms with Crippen molar-refractivity contribution in [3.63, 3.8) is 0 Å². The highest BCUT2D eigenvalue weighted by molar-refractivity contribution is 7.16. The second kappa shape index (κ2) is 5.43. The minimum Gasteiger partial charge on any atom is -0.373 e. The Morgan fingerprint density at radius 1 is 1.25 bits per heavy atom. The molecule has 2 aliphatic rings. The predicted molar refractivity (Wildman–Crippen MR) is 84.9 cm³/mol. The van der Waals surface area contributed by atoms with Gasteiger partial charge in [-0.2, -0.15) is 0 Å². The summed E-state index contributed by atoms with van der Waals surface area (Å²) in [5.74, 6) is 0. The molecule has 2 fully saturated rings. The highest BCUT2D eigenvalue weighted by Gasteiger charge is 2.41. The van der Waals surface area contributed by atoms with Crippen LogP contribution >= 0.6 is 34.3 Å². The Balaban J connectivity index is 1.59. The maximum absolute atomic E-state index is 6.11. The molecule has 0 aliphatic carbocycles. The first-order chi connectivity index (χ1) is 9.79. The van der Waals surface area contributed by atoms with Crippen LogP contribution in [-0.4, -0.2) is 18.2 Å². The van der Waals surface area contributed by atoms with Gasteiger partial charge in [-0.3, -0.25) is 5.32 Å². The van der Waals surface area contributed by atoms with Gasteiger partial charge >= 0.3 is 0 Å². The van der Waals surface area contributed by atoms with Gasteiger partial charge in [0.15, 0.2) is 0 Å². The molecule has 1 N–H and O–H groups in total. The number of ether oxygens (including phenoxy) is 1. The zero-order chi connectivity index (χ0) is 13.5. The Kier molecular flexibility index (Phi) is 3.60. The van der Waals surface area contributed by atoms with E-state index in [1.54, 1.807) is 22.7 Å². The van der Waals surface area contributed by atoms with E-state index in [9.17, 15) is 0 Å². The van der Waals surface area contributed by atoms with Crippen molar-refractivity contribution in [3.05, 3.63) is 43.7 Å². The van der Waals surface area contributed by atoms with Crippen LogP contribution in [0.15, 0.2) is 29.6 Å². The van der Waals surface area contributed by atoms with Gasteiger partial charge in [-0.1, -0.05) is 17.7 Å². The van der Waals surface area contributed by atoms with Gasteiger partial charge in [0.05, 0.1) is 22.6 Å². The molecule has 5 heteroatoms. The first-order valence-corrected chi connectivity index (χ1v) is 9.07. The third-order valence-electron chi connectivity index (χ3n) is 4.19. The van der Waals surface area contributed by atoms with Gasteiger partial charge < -0.3 is 4.74 Å². The van der Waals surface area contributed by atoms with Crippen LogP contribution in [0.25, 0.3) is 0 Å². The largest absolute Gasteiger partial charge is 0.373 e. The summed E-state index contributed by atoms with van der Waals surface area (Å²) in [7, 11) is 0. The number of halogens is 1. The summed E-state index contributed by atoms with van der Waals surface area (Å²) in [5, 5.41) is 5.95. The van der Waals surface area contributed by atoms with E-state index >= 15 is 0 Å². The molecule has 0 saturated carbocycles. The quantitative estimate of drug-likeness (QED) is 0.896. The highest BCUT2D eigenvalue weighted by Crippen LogP contribution is 2.38. The van der Waals surface area contributed by atoms with E-state index < -0.39 is 0 Å². The molecular formula is C15H16ClNOS2. The molecule has 20 heavy (non-hydrogen) atoms.